The molecule has 4 heteroatoms. The summed E-state index contributed by atoms with van der Waals surface area (Å²) in [6.45, 7) is 18.9. The van der Waals surface area contributed by atoms with Gasteiger partial charge in [-0.15, -0.1) is 0 Å². The Hall–Kier alpha value is -2.88. The van der Waals surface area contributed by atoms with Crippen molar-refractivity contribution in [2.45, 2.75) is 120 Å². The molecule has 8 atom stereocenters. The Morgan fingerprint density at radius 2 is 1.30 bits per heavy atom. The van der Waals surface area contributed by atoms with Gasteiger partial charge in [0.2, 0.25) is 5.78 Å². The third-order valence-corrected chi connectivity index (χ3v) is 14.7. The van der Waals surface area contributed by atoms with Gasteiger partial charge >= 0.3 is 0 Å². The molecule has 2 saturated carbocycles. The Morgan fingerprint density at radius 3 is 1.87 bits per heavy atom. The van der Waals surface area contributed by atoms with Crippen molar-refractivity contribution in [3.63, 3.8) is 0 Å². The van der Waals surface area contributed by atoms with Crippen LogP contribution in [0.25, 0.3) is 0 Å². The number of rotatable bonds is 6. The maximum absolute atomic E-state index is 13.6. The predicted octanol–water partition coefficient (Wildman–Crippen LogP) is 10.3. The van der Waals surface area contributed by atoms with E-state index in [0.29, 0.717) is 41.4 Å². The van der Waals surface area contributed by atoms with Crippen molar-refractivity contribution in [3.8, 4) is 11.5 Å². The summed E-state index contributed by atoms with van der Waals surface area (Å²) in [6, 6.07) is 5.26. The number of phenols is 1. The van der Waals surface area contributed by atoms with Crippen molar-refractivity contribution in [2.75, 3.05) is 0 Å². The van der Waals surface area contributed by atoms with Gasteiger partial charge in [0.1, 0.15) is 11.5 Å². The average molecular weight is 625 g/mol. The molecule has 5 aliphatic carbocycles. The van der Waals surface area contributed by atoms with Crippen molar-refractivity contribution < 1.29 is 19.4 Å². The fourth-order valence-electron chi connectivity index (χ4n) is 10.9. The van der Waals surface area contributed by atoms with Gasteiger partial charge in [0.05, 0.1) is 0 Å². The maximum atomic E-state index is 13.6. The van der Waals surface area contributed by atoms with Crippen LogP contribution in [-0.4, -0.2) is 16.7 Å². The fourth-order valence-corrected chi connectivity index (χ4v) is 10.9. The van der Waals surface area contributed by atoms with Crippen LogP contribution in [0.3, 0.4) is 0 Å². The van der Waals surface area contributed by atoms with Crippen LogP contribution in [-0.2, 0) is 16.0 Å². The van der Waals surface area contributed by atoms with Crippen molar-refractivity contribution in [1.29, 1.82) is 0 Å². The third kappa shape index (κ3) is 5.27. The quantitative estimate of drug-likeness (QED) is 0.253. The molecular formula is C42H56O4. The summed E-state index contributed by atoms with van der Waals surface area (Å²) >= 11 is 0. The number of fused-ring (bicyclic) bond motifs is 2. The molecule has 1 N–H and O–H groups in total. The minimum atomic E-state index is -0.258. The summed E-state index contributed by atoms with van der Waals surface area (Å²) in [5.74, 6) is 2.42. The second-order valence-electron chi connectivity index (χ2n) is 16.9. The number of carbonyl (C=O) groups excluding carboxylic acids is 2. The van der Waals surface area contributed by atoms with E-state index in [1.807, 2.05) is 6.07 Å². The van der Waals surface area contributed by atoms with Crippen LogP contribution in [0.2, 0.25) is 0 Å². The van der Waals surface area contributed by atoms with Gasteiger partial charge in [-0.2, -0.15) is 0 Å². The highest BCUT2D eigenvalue weighted by molar-refractivity contribution is 6.19. The molecule has 0 unspecified atom stereocenters. The van der Waals surface area contributed by atoms with Crippen LogP contribution in [0.1, 0.15) is 119 Å². The largest absolute Gasteiger partial charge is 0.508 e. The van der Waals surface area contributed by atoms with E-state index in [0.717, 1.165) is 50.5 Å². The molecule has 0 radical (unpaired) electrons. The Bertz CT molecular complexity index is 1560. The van der Waals surface area contributed by atoms with E-state index in [4.69, 9.17) is 4.74 Å². The van der Waals surface area contributed by atoms with Crippen LogP contribution >= 0.6 is 0 Å². The van der Waals surface area contributed by atoms with Gasteiger partial charge in [-0.1, -0.05) is 64.8 Å². The number of ether oxygens (including phenoxy) is 1. The van der Waals surface area contributed by atoms with E-state index >= 15 is 0 Å². The van der Waals surface area contributed by atoms with Crippen LogP contribution in [0.15, 0.2) is 65.0 Å². The van der Waals surface area contributed by atoms with E-state index < -0.39 is 0 Å². The van der Waals surface area contributed by atoms with Crippen LogP contribution in [0.4, 0.5) is 0 Å². The first-order valence-electron chi connectivity index (χ1n) is 18.0. The summed E-state index contributed by atoms with van der Waals surface area (Å²) in [7, 11) is 0. The van der Waals surface area contributed by atoms with E-state index in [1.54, 1.807) is 18.2 Å². The zero-order chi connectivity index (χ0) is 33.2. The van der Waals surface area contributed by atoms with E-state index in [1.165, 1.54) is 30.1 Å². The summed E-state index contributed by atoms with van der Waals surface area (Å²) in [6.07, 6.45) is 18.3. The number of hydrogen-bond acceptors (Lipinski definition) is 4. The van der Waals surface area contributed by atoms with Gasteiger partial charge in [-0.05, 0) is 153 Å². The molecule has 46 heavy (non-hydrogen) atoms. The summed E-state index contributed by atoms with van der Waals surface area (Å²) in [4.78, 5) is 27.1. The second-order valence-corrected chi connectivity index (χ2v) is 16.9. The number of phenolic OH excluding ortho intramolecular Hbond substituents is 1. The monoisotopic (exact) mass is 624 g/mol. The minimum Gasteiger partial charge on any atom is -0.508 e. The van der Waals surface area contributed by atoms with Gasteiger partial charge in [0.15, 0.2) is 11.5 Å². The molecule has 0 heterocycles. The molecule has 0 aliphatic heterocycles. The number of hydrogen-bond donors (Lipinski definition) is 1. The summed E-state index contributed by atoms with van der Waals surface area (Å²) in [5.41, 5.74) is 4.73. The van der Waals surface area contributed by atoms with Crippen molar-refractivity contribution in [3.05, 3.63) is 70.5 Å². The van der Waals surface area contributed by atoms with E-state index in [-0.39, 0.29) is 44.7 Å². The van der Waals surface area contributed by atoms with Crippen molar-refractivity contribution in [2.24, 2.45) is 45.3 Å². The van der Waals surface area contributed by atoms with Crippen LogP contribution in [0, 0.1) is 45.3 Å². The van der Waals surface area contributed by atoms with Gasteiger partial charge in [0, 0.05) is 11.6 Å². The number of allylic oxidation sites excluding steroid dienone is 7. The van der Waals surface area contributed by atoms with Crippen molar-refractivity contribution >= 4 is 11.6 Å². The summed E-state index contributed by atoms with van der Waals surface area (Å²) < 4.78 is 6.15. The van der Waals surface area contributed by atoms with Gasteiger partial charge in [0.25, 0.3) is 0 Å². The molecule has 6 rings (SSSR count). The first kappa shape index (κ1) is 33.0. The highest BCUT2D eigenvalue weighted by Crippen LogP contribution is 2.63. The Balaban J connectivity index is 1.20. The summed E-state index contributed by atoms with van der Waals surface area (Å²) in [5, 5.41) is 11.0. The molecule has 0 saturated heterocycles. The van der Waals surface area contributed by atoms with Crippen LogP contribution in [0.5, 0.6) is 11.5 Å². The Labute approximate surface area is 277 Å². The smallest absolute Gasteiger partial charge is 0.221 e. The molecule has 1 aromatic rings. The molecule has 0 bridgehead atoms. The van der Waals surface area contributed by atoms with E-state index in [9.17, 15) is 14.7 Å². The molecule has 0 aromatic heterocycles. The first-order valence-corrected chi connectivity index (χ1v) is 18.0. The number of ketones is 2. The highest BCUT2D eigenvalue weighted by atomic mass is 16.5. The van der Waals surface area contributed by atoms with Gasteiger partial charge < -0.3 is 9.84 Å². The average Bonchev–Trinajstić information content (AvgIpc) is 3.00. The lowest BCUT2D eigenvalue weighted by Gasteiger charge is -2.58. The fraction of sp³-hybridized carbons (Fsp3) is 0.619. The standard InChI is InChI=1S/C42H56O4/c1-26-11-9-13-37-39(26,5)19-17-28(3)41(37,7)24-30-21-32(15-16-33(30)43)46-36-23-34(44)31(22-35(36)45)25-42(8)29(4)18-20-40(6)27(2)12-10-14-38(40)42/h11-12,15-16,21-23,28-29,37-38,43H,9-10,13-14,17-20,24-25H2,1-8H3/t28-,29-,37+,38+,39+,40+,41+,42+/m0/s1. The lowest BCUT2D eigenvalue weighted by Crippen LogP contribution is -2.50. The Morgan fingerprint density at radius 1 is 0.761 bits per heavy atom. The van der Waals surface area contributed by atoms with E-state index in [2.05, 4.69) is 67.5 Å². The molecule has 2 fully saturated rings. The zero-order valence-electron chi connectivity index (χ0n) is 29.6. The second kappa shape index (κ2) is 11.7. The lowest BCUT2D eigenvalue weighted by atomic mass is 9.46. The highest BCUT2D eigenvalue weighted by Gasteiger charge is 2.55. The van der Waals surface area contributed by atoms with Crippen LogP contribution < -0.4 is 4.74 Å². The zero-order valence-corrected chi connectivity index (χ0v) is 29.6. The molecule has 0 spiro atoms. The normalized spacial score (nSPS) is 39.4. The Kier molecular flexibility index (Phi) is 8.38. The third-order valence-electron chi connectivity index (χ3n) is 14.7. The van der Waals surface area contributed by atoms with Gasteiger partial charge in [-0.3, -0.25) is 9.59 Å². The minimum absolute atomic E-state index is 0.0151. The topological polar surface area (TPSA) is 63.6 Å². The number of aromatic hydroxyl groups is 1. The van der Waals surface area contributed by atoms with Crippen molar-refractivity contribution in [1.82, 2.24) is 0 Å². The molecule has 4 nitrogen and oxygen atoms in total. The molecule has 1 aromatic carbocycles. The molecule has 5 aliphatic rings. The lowest BCUT2D eigenvalue weighted by molar-refractivity contribution is -0.117. The van der Waals surface area contributed by atoms with Gasteiger partial charge in [-0.25, -0.2) is 0 Å². The maximum Gasteiger partial charge on any atom is 0.221 e. The first-order chi connectivity index (χ1) is 21.6. The number of carbonyl (C=O) groups is 2. The predicted molar refractivity (Wildman–Crippen MR) is 185 cm³/mol. The molecule has 248 valence electrons. The molecular weight excluding hydrogens is 568 g/mol. The number of benzene rings is 1. The SMILES string of the molecule is CC1=CCC[C@H]2[C@](C)(CC3=CC(=O)C(Oc4ccc(O)c(C[C@]5(C)[C@@H](C)CC[C@]6(C)C(C)=CCC[C@@H]56)c4)=CC3=O)[C@@H](C)CC[C@]12C. The molecule has 0 amide bonds.